The first-order valence-electron chi connectivity index (χ1n) is 3.89. The van der Waals surface area contributed by atoms with E-state index >= 15 is 0 Å². The molecule has 62 valence electrons. The Morgan fingerprint density at radius 2 is 2.08 bits per heavy atom. The summed E-state index contributed by atoms with van der Waals surface area (Å²) in [6, 6.07) is 8.36. The summed E-state index contributed by atoms with van der Waals surface area (Å²) in [5.41, 5.74) is 1.25. The molecule has 0 saturated heterocycles. The Bertz CT molecular complexity index is 389. The van der Waals surface area contributed by atoms with E-state index in [1.165, 1.54) is 15.6 Å². The van der Waals surface area contributed by atoms with E-state index in [2.05, 4.69) is 29.6 Å². The minimum absolute atomic E-state index is 0.112. The fourth-order valence-electron chi connectivity index (χ4n) is 1.31. The molecule has 2 rings (SSSR count). The zero-order valence-corrected chi connectivity index (χ0v) is 8.32. The molecule has 2 aromatic rings. The summed E-state index contributed by atoms with van der Waals surface area (Å²) in [5.74, 6) is 0. The summed E-state index contributed by atoms with van der Waals surface area (Å²) in [6.45, 7) is 2.01. The van der Waals surface area contributed by atoms with Crippen LogP contribution in [0.2, 0.25) is 0 Å². The zero-order valence-electron chi connectivity index (χ0n) is 6.75. The molecule has 1 atom stereocenters. The lowest BCUT2D eigenvalue weighted by Gasteiger charge is -1.99. The smallest absolute Gasteiger partial charge is 0.0571 e. The van der Waals surface area contributed by atoms with Crippen molar-refractivity contribution in [2.24, 2.45) is 0 Å². The Balaban J connectivity index is 2.70. The van der Waals surface area contributed by atoms with Gasteiger partial charge in [-0.3, -0.25) is 0 Å². The van der Waals surface area contributed by atoms with Crippen LogP contribution in [0.4, 0.5) is 0 Å². The molecule has 0 nitrogen and oxygen atoms in total. The molecule has 1 aromatic heterocycles. The molecule has 0 saturated carbocycles. The summed E-state index contributed by atoms with van der Waals surface area (Å²) in [4.78, 5) is 0. The summed E-state index contributed by atoms with van der Waals surface area (Å²) >= 11 is 7.79. The second-order valence-corrected chi connectivity index (χ2v) is 4.37. The Morgan fingerprint density at radius 3 is 2.83 bits per heavy atom. The van der Waals surface area contributed by atoms with Gasteiger partial charge in [0.15, 0.2) is 0 Å². The minimum atomic E-state index is 0.112. The van der Waals surface area contributed by atoms with Crippen LogP contribution in [0.15, 0.2) is 29.6 Å². The molecule has 1 unspecified atom stereocenters. The molecule has 0 spiro atoms. The van der Waals surface area contributed by atoms with E-state index in [0.29, 0.717) is 0 Å². The third kappa shape index (κ3) is 1.23. The number of fused-ring (bicyclic) bond motifs is 1. The maximum absolute atomic E-state index is 6.03. The third-order valence-corrected chi connectivity index (χ3v) is 3.16. The topological polar surface area (TPSA) is 0 Å². The van der Waals surface area contributed by atoms with Gasteiger partial charge in [0.25, 0.3) is 0 Å². The van der Waals surface area contributed by atoms with Gasteiger partial charge in [-0.1, -0.05) is 18.2 Å². The average Bonchev–Trinajstić information content (AvgIpc) is 2.47. The van der Waals surface area contributed by atoms with Gasteiger partial charge in [0.05, 0.1) is 5.38 Å². The lowest BCUT2D eigenvalue weighted by molar-refractivity contribution is 1.11. The van der Waals surface area contributed by atoms with Crippen LogP contribution < -0.4 is 0 Å². The van der Waals surface area contributed by atoms with Gasteiger partial charge in [-0.15, -0.1) is 22.9 Å². The van der Waals surface area contributed by atoms with Gasteiger partial charge in [-0.05, 0) is 29.3 Å². The second-order valence-electron chi connectivity index (χ2n) is 2.80. The van der Waals surface area contributed by atoms with Gasteiger partial charge < -0.3 is 0 Å². The van der Waals surface area contributed by atoms with Crippen LogP contribution in [-0.2, 0) is 0 Å². The monoisotopic (exact) mass is 196 g/mol. The van der Waals surface area contributed by atoms with E-state index in [9.17, 15) is 0 Å². The van der Waals surface area contributed by atoms with E-state index in [0.717, 1.165) is 0 Å². The predicted octanol–water partition coefficient (Wildman–Crippen LogP) is 4.20. The van der Waals surface area contributed by atoms with Gasteiger partial charge in [-0.2, -0.15) is 0 Å². The third-order valence-electron chi connectivity index (χ3n) is 1.94. The number of halogens is 1. The van der Waals surface area contributed by atoms with Crippen molar-refractivity contribution in [2.75, 3.05) is 0 Å². The maximum atomic E-state index is 6.03. The Kier molecular flexibility index (Phi) is 2.07. The van der Waals surface area contributed by atoms with Crippen LogP contribution in [0.5, 0.6) is 0 Å². The Hall–Kier alpha value is -0.530. The highest BCUT2D eigenvalue weighted by molar-refractivity contribution is 7.17. The lowest BCUT2D eigenvalue weighted by Crippen LogP contribution is -1.79. The highest BCUT2D eigenvalue weighted by Crippen LogP contribution is 2.32. The van der Waals surface area contributed by atoms with Crippen LogP contribution >= 0.6 is 22.9 Å². The van der Waals surface area contributed by atoms with E-state index in [4.69, 9.17) is 11.6 Å². The molecule has 0 aliphatic heterocycles. The van der Waals surface area contributed by atoms with Crippen molar-refractivity contribution in [1.82, 2.24) is 0 Å². The first kappa shape index (κ1) is 8.09. The number of alkyl halides is 1. The maximum Gasteiger partial charge on any atom is 0.0571 e. The van der Waals surface area contributed by atoms with Crippen LogP contribution in [0.25, 0.3) is 10.1 Å². The molecule has 0 bridgehead atoms. The van der Waals surface area contributed by atoms with Crippen LogP contribution in [-0.4, -0.2) is 0 Å². The van der Waals surface area contributed by atoms with Crippen molar-refractivity contribution in [3.8, 4) is 0 Å². The van der Waals surface area contributed by atoms with E-state index in [1.807, 2.05) is 6.92 Å². The molecule has 1 aromatic carbocycles. The fraction of sp³-hybridized carbons (Fsp3) is 0.200. The van der Waals surface area contributed by atoms with E-state index in [-0.39, 0.29) is 5.38 Å². The highest BCUT2D eigenvalue weighted by atomic mass is 35.5. The van der Waals surface area contributed by atoms with Crippen molar-refractivity contribution >= 4 is 33.0 Å². The summed E-state index contributed by atoms with van der Waals surface area (Å²) in [6.07, 6.45) is 0. The summed E-state index contributed by atoms with van der Waals surface area (Å²) in [7, 11) is 0. The van der Waals surface area contributed by atoms with Gasteiger partial charge in [0.1, 0.15) is 0 Å². The molecule has 0 radical (unpaired) electrons. The lowest BCUT2D eigenvalue weighted by atomic mass is 10.1. The standard InChI is InChI=1S/C10H9ClS/c1-7(11)9-6-12-10-5-3-2-4-8(9)10/h2-7H,1H3. The van der Waals surface area contributed by atoms with Crippen molar-refractivity contribution in [3.63, 3.8) is 0 Å². The Labute approximate surface area is 80.8 Å². The number of rotatable bonds is 1. The normalized spacial score (nSPS) is 13.5. The fourth-order valence-corrected chi connectivity index (χ4v) is 2.62. The number of thiophene rings is 1. The molecule has 0 aliphatic rings. The van der Waals surface area contributed by atoms with Gasteiger partial charge in [-0.25, -0.2) is 0 Å². The van der Waals surface area contributed by atoms with Crippen molar-refractivity contribution in [1.29, 1.82) is 0 Å². The van der Waals surface area contributed by atoms with Crippen molar-refractivity contribution < 1.29 is 0 Å². The molecule has 2 heteroatoms. The average molecular weight is 197 g/mol. The zero-order chi connectivity index (χ0) is 8.55. The molecular weight excluding hydrogens is 188 g/mol. The summed E-state index contributed by atoms with van der Waals surface area (Å²) in [5, 5.41) is 3.55. The number of hydrogen-bond donors (Lipinski definition) is 0. The molecule has 12 heavy (non-hydrogen) atoms. The first-order valence-corrected chi connectivity index (χ1v) is 5.21. The second kappa shape index (κ2) is 3.08. The first-order chi connectivity index (χ1) is 5.79. The van der Waals surface area contributed by atoms with E-state index in [1.54, 1.807) is 11.3 Å². The quantitative estimate of drug-likeness (QED) is 0.600. The largest absolute Gasteiger partial charge is 0.143 e. The van der Waals surface area contributed by atoms with Crippen LogP contribution in [0.1, 0.15) is 17.9 Å². The number of hydrogen-bond acceptors (Lipinski definition) is 1. The molecule has 0 amide bonds. The van der Waals surface area contributed by atoms with Gasteiger partial charge in [0.2, 0.25) is 0 Å². The number of benzene rings is 1. The molecule has 0 aliphatic carbocycles. The molecule has 1 heterocycles. The minimum Gasteiger partial charge on any atom is -0.143 e. The van der Waals surface area contributed by atoms with Crippen molar-refractivity contribution in [2.45, 2.75) is 12.3 Å². The van der Waals surface area contributed by atoms with Crippen molar-refractivity contribution in [3.05, 3.63) is 35.2 Å². The van der Waals surface area contributed by atoms with Crippen LogP contribution in [0.3, 0.4) is 0 Å². The molecular formula is C10H9ClS. The summed E-state index contributed by atoms with van der Waals surface area (Å²) < 4.78 is 1.32. The van der Waals surface area contributed by atoms with E-state index < -0.39 is 0 Å². The highest BCUT2D eigenvalue weighted by Gasteiger charge is 2.07. The molecule has 0 fully saturated rings. The predicted molar refractivity (Wildman–Crippen MR) is 56.1 cm³/mol. The SMILES string of the molecule is CC(Cl)c1csc2ccccc12. The van der Waals surface area contributed by atoms with Gasteiger partial charge >= 0.3 is 0 Å². The Morgan fingerprint density at radius 1 is 1.33 bits per heavy atom. The van der Waals surface area contributed by atoms with Gasteiger partial charge in [0, 0.05) is 4.70 Å². The molecule has 0 N–H and O–H groups in total. The van der Waals surface area contributed by atoms with Crippen LogP contribution in [0, 0.1) is 0 Å².